The molecule has 2 heterocycles. The monoisotopic (exact) mass is 373 g/mol. The lowest BCUT2D eigenvalue weighted by Gasteiger charge is -2.07. The summed E-state index contributed by atoms with van der Waals surface area (Å²) in [6.45, 7) is 0. The van der Waals surface area contributed by atoms with Crippen molar-refractivity contribution in [3.8, 4) is 22.9 Å². The fourth-order valence-corrected chi connectivity index (χ4v) is 2.68. The summed E-state index contributed by atoms with van der Waals surface area (Å²) in [7, 11) is 0. The number of carbonyl (C=O) groups is 1. The zero-order valence-corrected chi connectivity index (χ0v) is 14.2. The molecule has 136 valence electrons. The van der Waals surface area contributed by atoms with Crippen LogP contribution in [0.15, 0.2) is 64.4 Å². The lowest BCUT2D eigenvalue weighted by Crippen LogP contribution is -2.24. The Morgan fingerprint density at radius 3 is 2.29 bits per heavy atom. The van der Waals surface area contributed by atoms with Gasteiger partial charge < -0.3 is 4.74 Å². The van der Waals surface area contributed by atoms with Gasteiger partial charge in [0.05, 0.1) is 11.6 Å². The average molecular weight is 373 g/mol. The van der Waals surface area contributed by atoms with E-state index in [1.807, 2.05) is 17.1 Å². The van der Waals surface area contributed by atoms with E-state index in [1.165, 1.54) is 0 Å². The third kappa shape index (κ3) is 3.06. The Labute approximate surface area is 156 Å². The molecule has 0 bridgehead atoms. The molecule has 0 aliphatic heterocycles. The van der Waals surface area contributed by atoms with Crippen LogP contribution < -0.4 is 16.0 Å². The van der Waals surface area contributed by atoms with Gasteiger partial charge in [0.15, 0.2) is 11.2 Å². The number of carbonyl (C=O) groups excluding carboxylic acids is 1. The van der Waals surface area contributed by atoms with E-state index in [4.69, 9.17) is 10.00 Å². The highest BCUT2D eigenvalue weighted by Crippen LogP contribution is 2.23. The van der Waals surface area contributed by atoms with E-state index in [-0.39, 0.29) is 16.9 Å². The van der Waals surface area contributed by atoms with Crippen LogP contribution in [0.5, 0.6) is 5.75 Å². The minimum Gasteiger partial charge on any atom is -0.410 e. The summed E-state index contributed by atoms with van der Waals surface area (Å²) < 4.78 is 6.23. The highest BCUT2D eigenvalue weighted by Gasteiger charge is 2.15. The molecule has 0 atom stereocenters. The molecule has 0 saturated heterocycles. The molecule has 2 aromatic heterocycles. The highest BCUT2D eigenvalue weighted by molar-refractivity contribution is 5.84. The van der Waals surface area contributed by atoms with E-state index in [9.17, 15) is 14.4 Å². The van der Waals surface area contributed by atoms with Crippen LogP contribution in [0.3, 0.4) is 0 Å². The molecule has 4 aromatic rings. The van der Waals surface area contributed by atoms with Gasteiger partial charge in [-0.2, -0.15) is 5.26 Å². The number of fused-ring (bicyclic) bond motifs is 1. The first-order chi connectivity index (χ1) is 13.5. The number of nitrogens with one attached hydrogen (secondary N) is 2. The zero-order valence-electron chi connectivity index (χ0n) is 14.2. The maximum Gasteiger partial charge on any atom is 0.426 e. The molecule has 0 amide bonds. The Bertz CT molecular complexity index is 1340. The molecule has 0 spiro atoms. The second-order valence-corrected chi connectivity index (χ2v) is 5.80. The summed E-state index contributed by atoms with van der Waals surface area (Å²) in [5.74, 6) is 0.274. The second-order valence-electron chi connectivity index (χ2n) is 5.80. The summed E-state index contributed by atoms with van der Waals surface area (Å²) in [5, 5.41) is 8.85. The van der Waals surface area contributed by atoms with E-state index in [0.717, 1.165) is 22.0 Å². The van der Waals surface area contributed by atoms with Gasteiger partial charge in [0.1, 0.15) is 12.1 Å². The number of nitrogens with zero attached hydrogens (tertiary/aromatic N) is 3. The topological polar surface area (TPSA) is 134 Å². The molecule has 28 heavy (non-hydrogen) atoms. The van der Waals surface area contributed by atoms with Crippen molar-refractivity contribution in [2.24, 2.45) is 0 Å². The number of aromatic nitrogens is 4. The molecule has 0 aliphatic rings. The standard InChI is InChI=1S/C19H11N5O4/c20-9-11-1-3-12(4-2-11)13-5-7-14(8-6-13)28-19(27)24-10-21-15-16(24)22-18(26)23-17(15)25/h1-8,10H,(H2,22,23,25,26). The number of hydrogen-bond donors (Lipinski definition) is 2. The summed E-state index contributed by atoms with van der Waals surface area (Å²) in [6.07, 6.45) is 0.276. The van der Waals surface area contributed by atoms with Crippen molar-refractivity contribution in [2.75, 3.05) is 0 Å². The van der Waals surface area contributed by atoms with Gasteiger partial charge in [-0.25, -0.2) is 19.1 Å². The first-order valence-corrected chi connectivity index (χ1v) is 8.07. The largest absolute Gasteiger partial charge is 0.426 e. The number of nitriles is 1. The summed E-state index contributed by atoms with van der Waals surface area (Å²) >= 11 is 0. The normalized spacial score (nSPS) is 10.5. The molecule has 4 rings (SSSR count). The average Bonchev–Trinajstić information content (AvgIpc) is 3.13. The van der Waals surface area contributed by atoms with Crippen LogP contribution in [0, 0.1) is 11.3 Å². The molecule has 0 aliphatic carbocycles. The Morgan fingerprint density at radius 1 is 1.00 bits per heavy atom. The van der Waals surface area contributed by atoms with Crippen molar-refractivity contribution in [3.63, 3.8) is 0 Å². The van der Waals surface area contributed by atoms with Crippen LogP contribution in [0.25, 0.3) is 22.3 Å². The van der Waals surface area contributed by atoms with Crippen LogP contribution in [0.4, 0.5) is 4.79 Å². The van der Waals surface area contributed by atoms with Gasteiger partial charge >= 0.3 is 11.8 Å². The van der Waals surface area contributed by atoms with Crippen LogP contribution in [-0.4, -0.2) is 25.6 Å². The molecule has 0 saturated carbocycles. The number of aromatic amines is 2. The number of hydrogen-bond acceptors (Lipinski definition) is 6. The van der Waals surface area contributed by atoms with E-state index in [1.54, 1.807) is 36.4 Å². The van der Waals surface area contributed by atoms with Crippen molar-refractivity contribution in [1.29, 1.82) is 5.26 Å². The van der Waals surface area contributed by atoms with Crippen molar-refractivity contribution < 1.29 is 9.53 Å². The number of benzene rings is 2. The van der Waals surface area contributed by atoms with Crippen LogP contribution in [0.1, 0.15) is 5.56 Å². The van der Waals surface area contributed by atoms with Gasteiger partial charge in [-0.15, -0.1) is 0 Å². The molecule has 2 N–H and O–H groups in total. The van der Waals surface area contributed by atoms with Gasteiger partial charge in [0, 0.05) is 0 Å². The Balaban J connectivity index is 1.58. The lowest BCUT2D eigenvalue weighted by atomic mass is 10.0. The van der Waals surface area contributed by atoms with Gasteiger partial charge in [0.25, 0.3) is 5.56 Å². The van der Waals surface area contributed by atoms with E-state index < -0.39 is 17.3 Å². The number of ether oxygens (including phenoxy) is 1. The maximum absolute atomic E-state index is 12.4. The summed E-state index contributed by atoms with van der Waals surface area (Å²) in [6, 6.07) is 15.9. The molecular weight excluding hydrogens is 362 g/mol. The Morgan fingerprint density at radius 2 is 1.64 bits per heavy atom. The molecule has 2 aromatic carbocycles. The van der Waals surface area contributed by atoms with Crippen molar-refractivity contribution in [3.05, 3.63) is 81.3 Å². The molecule has 0 unspecified atom stereocenters. The number of rotatable bonds is 2. The second kappa shape index (κ2) is 6.69. The third-order valence-electron chi connectivity index (χ3n) is 4.05. The molecular formula is C19H11N5O4. The molecule has 0 fully saturated rings. The third-order valence-corrected chi connectivity index (χ3v) is 4.05. The fourth-order valence-electron chi connectivity index (χ4n) is 2.68. The Hall–Kier alpha value is -4.45. The van der Waals surface area contributed by atoms with Crippen molar-refractivity contribution in [1.82, 2.24) is 19.5 Å². The zero-order chi connectivity index (χ0) is 19.7. The van der Waals surface area contributed by atoms with Gasteiger partial charge in [-0.1, -0.05) is 24.3 Å². The van der Waals surface area contributed by atoms with Crippen molar-refractivity contribution in [2.45, 2.75) is 0 Å². The van der Waals surface area contributed by atoms with E-state index in [2.05, 4.69) is 16.0 Å². The van der Waals surface area contributed by atoms with Gasteiger partial charge in [-0.05, 0) is 35.4 Å². The SMILES string of the molecule is N#Cc1ccc(-c2ccc(OC(=O)n3cnc4c(=O)[nH]c(=O)[nH]c43)cc2)cc1. The fraction of sp³-hybridized carbons (Fsp3) is 0. The highest BCUT2D eigenvalue weighted by atomic mass is 16.6. The summed E-state index contributed by atoms with van der Waals surface area (Å²) in [4.78, 5) is 43.7. The van der Waals surface area contributed by atoms with Crippen LogP contribution in [0.2, 0.25) is 0 Å². The van der Waals surface area contributed by atoms with Gasteiger partial charge in [-0.3, -0.25) is 14.8 Å². The predicted molar refractivity (Wildman–Crippen MR) is 99.0 cm³/mol. The Kier molecular flexibility index (Phi) is 4.06. The minimum atomic E-state index is -0.824. The smallest absolute Gasteiger partial charge is 0.410 e. The maximum atomic E-state index is 12.4. The van der Waals surface area contributed by atoms with E-state index in [0.29, 0.717) is 5.56 Å². The molecule has 9 heteroatoms. The number of H-pyrrole nitrogens is 2. The van der Waals surface area contributed by atoms with E-state index >= 15 is 0 Å². The molecule has 9 nitrogen and oxygen atoms in total. The predicted octanol–water partition coefficient (Wildman–Crippen LogP) is 2.00. The molecule has 0 radical (unpaired) electrons. The summed E-state index contributed by atoms with van der Waals surface area (Å²) in [5.41, 5.74) is 0.790. The van der Waals surface area contributed by atoms with Crippen LogP contribution in [-0.2, 0) is 0 Å². The number of imidazole rings is 1. The van der Waals surface area contributed by atoms with Crippen LogP contribution >= 0.6 is 0 Å². The first kappa shape index (κ1) is 17.0. The van der Waals surface area contributed by atoms with Gasteiger partial charge in [0.2, 0.25) is 0 Å². The first-order valence-electron chi connectivity index (χ1n) is 8.07. The van der Waals surface area contributed by atoms with Crippen molar-refractivity contribution >= 4 is 17.3 Å². The minimum absolute atomic E-state index is 0.0482. The quantitative estimate of drug-likeness (QED) is 0.552. The lowest BCUT2D eigenvalue weighted by molar-refractivity contribution is 0.203.